The molecule has 1 aromatic heterocycles. The summed E-state index contributed by atoms with van der Waals surface area (Å²) in [7, 11) is 0. The van der Waals surface area contributed by atoms with Crippen molar-refractivity contribution >= 4 is 23.6 Å². The molecule has 0 spiro atoms. The summed E-state index contributed by atoms with van der Waals surface area (Å²) < 4.78 is 0. The molecule has 1 aromatic carbocycles. The normalized spacial score (nSPS) is 10.1. The first-order valence-corrected chi connectivity index (χ1v) is 7.43. The minimum Gasteiger partial charge on any atom is -0.478 e. The number of aromatic carboxylic acids is 1. The molecule has 0 radical (unpaired) electrons. The summed E-state index contributed by atoms with van der Waals surface area (Å²) in [5, 5.41) is 11.6. The summed E-state index contributed by atoms with van der Waals surface area (Å²) >= 11 is 1.61. The molecule has 6 heteroatoms. The van der Waals surface area contributed by atoms with Crippen molar-refractivity contribution in [3.05, 3.63) is 59.4 Å². The number of amides is 1. The number of pyridine rings is 1. The molecule has 0 aliphatic heterocycles. The minimum absolute atomic E-state index is 0.151. The summed E-state index contributed by atoms with van der Waals surface area (Å²) in [4.78, 5) is 27.9. The van der Waals surface area contributed by atoms with Crippen LogP contribution < -0.4 is 5.32 Å². The zero-order chi connectivity index (χ0) is 15.2. The van der Waals surface area contributed by atoms with E-state index in [1.165, 1.54) is 18.3 Å². The summed E-state index contributed by atoms with van der Waals surface area (Å²) in [5.41, 5.74) is 1.21. The molecule has 0 saturated heterocycles. The van der Waals surface area contributed by atoms with Crippen molar-refractivity contribution in [2.75, 3.05) is 6.26 Å². The van der Waals surface area contributed by atoms with Crippen LogP contribution in [0, 0.1) is 0 Å². The lowest BCUT2D eigenvalue weighted by Gasteiger charge is -2.06. The van der Waals surface area contributed by atoms with Crippen LogP contribution in [0.3, 0.4) is 0 Å². The lowest BCUT2D eigenvalue weighted by atomic mass is 10.2. The molecule has 1 amide bonds. The van der Waals surface area contributed by atoms with Crippen LogP contribution in [0.1, 0.15) is 26.4 Å². The Morgan fingerprint density at radius 1 is 1.19 bits per heavy atom. The standard InChI is InChI=1S/C15H14N2O3S/c1-21-13-4-2-10(3-5-13)14(18)17-9-12-8-11(15(19)20)6-7-16-12/h2-8H,9H2,1H3,(H,17,18)(H,19,20). The van der Waals surface area contributed by atoms with E-state index in [-0.39, 0.29) is 18.0 Å². The lowest BCUT2D eigenvalue weighted by Crippen LogP contribution is -2.23. The van der Waals surface area contributed by atoms with Crippen LogP contribution in [-0.2, 0) is 6.54 Å². The van der Waals surface area contributed by atoms with Gasteiger partial charge < -0.3 is 10.4 Å². The summed E-state index contributed by atoms with van der Waals surface area (Å²) in [6.07, 6.45) is 3.38. The Labute approximate surface area is 126 Å². The van der Waals surface area contributed by atoms with E-state index in [0.717, 1.165) is 4.90 Å². The van der Waals surface area contributed by atoms with E-state index in [0.29, 0.717) is 11.3 Å². The average molecular weight is 302 g/mol. The van der Waals surface area contributed by atoms with Crippen LogP contribution in [0.5, 0.6) is 0 Å². The van der Waals surface area contributed by atoms with Crippen LogP contribution in [0.4, 0.5) is 0 Å². The Kier molecular flexibility index (Phi) is 4.94. The van der Waals surface area contributed by atoms with Gasteiger partial charge in [0.05, 0.1) is 17.8 Å². The third-order valence-electron chi connectivity index (χ3n) is 2.85. The van der Waals surface area contributed by atoms with Gasteiger partial charge >= 0.3 is 5.97 Å². The fraction of sp³-hybridized carbons (Fsp3) is 0.133. The Morgan fingerprint density at radius 3 is 2.52 bits per heavy atom. The number of nitrogens with one attached hydrogen (secondary N) is 1. The number of carboxylic acids is 1. The van der Waals surface area contributed by atoms with E-state index >= 15 is 0 Å². The van der Waals surface area contributed by atoms with Gasteiger partial charge in [-0.1, -0.05) is 0 Å². The van der Waals surface area contributed by atoms with Gasteiger partial charge in [-0.3, -0.25) is 9.78 Å². The fourth-order valence-electron chi connectivity index (χ4n) is 1.72. The smallest absolute Gasteiger partial charge is 0.335 e. The number of aromatic nitrogens is 1. The molecule has 0 fully saturated rings. The van der Waals surface area contributed by atoms with Crippen molar-refractivity contribution in [3.8, 4) is 0 Å². The zero-order valence-electron chi connectivity index (χ0n) is 11.4. The highest BCUT2D eigenvalue weighted by Crippen LogP contribution is 2.14. The highest BCUT2D eigenvalue weighted by molar-refractivity contribution is 7.98. The first-order chi connectivity index (χ1) is 10.1. The van der Waals surface area contributed by atoms with Crippen molar-refractivity contribution in [3.63, 3.8) is 0 Å². The molecule has 1 heterocycles. The van der Waals surface area contributed by atoms with Crippen molar-refractivity contribution in [2.45, 2.75) is 11.4 Å². The number of thioether (sulfide) groups is 1. The van der Waals surface area contributed by atoms with Crippen molar-refractivity contribution < 1.29 is 14.7 Å². The zero-order valence-corrected chi connectivity index (χ0v) is 12.2. The summed E-state index contributed by atoms with van der Waals surface area (Å²) in [6, 6.07) is 10.1. The highest BCUT2D eigenvalue weighted by atomic mass is 32.2. The number of nitrogens with zero attached hydrogens (tertiary/aromatic N) is 1. The molecule has 2 aromatic rings. The van der Waals surface area contributed by atoms with Crippen molar-refractivity contribution in [1.82, 2.24) is 10.3 Å². The third-order valence-corrected chi connectivity index (χ3v) is 3.59. The van der Waals surface area contributed by atoms with Gasteiger partial charge in [0.15, 0.2) is 0 Å². The second-order valence-electron chi connectivity index (χ2n) is 4.25. The van der Waals surface area contributed by atoms with Gasteiger partial charge in [0.1, 0.15) is 0 Å². The summed E-state index contributed by atoms with van der Waals surface area (Å²) in [6.45, 7) is 0.185. The van der Waals surface area contributed by atoms with Gasteiger partial charge in [0.2, 0.25) is 0 Å². The molecule has 0 saturated carbocycles. The van der Waals surface area contributed by atoms with Crippen LogP contribution in [0.2, 0.25) is 0 Å². The molecular formula is C15H14N2O3S. The molecule has 0 aliphatic carbocycles. The lowest BCUT2D eigenvalue weighted by molar-refractivity contribution is 0.0696. The first kappa shape index (κ1) is 15.1. The fourth-order valence-corrected chi connectivity index (χ4v) is 2.13. The second-order valence-corrected chi connectivity index (χ2v) is 5.13. The number of rotatable bonds is 5. The topological polar surface area (TPSA) is 79.3 Å². The van der Waals surface area contributed by atoms with Crippen LogP contribution >= 0.6 is 11.8 Å². The van der Waals surface area contributed by atoms with Gasteiger partial charge in [0, 0.05) is 16.7 Å². The van der Waals surface area contributed by atoms with Gasteiger partial charge in [-0.25, -0.2) is 4.79 Å². The predicted octanol–water partition coefficient (Wildman–Crippen LogP) is 2.43. The van der Waals surface area contributed by atoms with Gasteiger partial charge in [-0.2, -0.15) is 0 Å². The molecule has 108 valence electrons. The van der Waals surface area contributed by atoms with Gasteiger partial charge in [0.25, 0.3) is 5.91 Å². The highest BCUT2D eigenvalue weighted by Gasteiger charge is 2.07. The Morgan fingerprint density at radius 2 is 1.90 bits per heavy atom. The molecule has 0 atom stereocenters. The molecular weight excluding hydrogens is 288 g/mol. The number of carbonyl (C=O) groups excluding carboxylic acids is 1. The van der Waals surface area contributed by atoms with E-state index in [1.807, 2.05) is 18.4 Å². The second kappa shape index (κ2) is 6.90. The van der Waals surface area contributed by atoms with Crippen molar-refractivity contribution in [1.29, 1.82) is 0 Å². The molecule has 2 N–H and O–H groups in total. The van der Waals surface area contributed by atoms with E-state index in [1.54, 1.807) is 23.9 Å². The van der Waals surface area contributed by atoms with E-state index < -0.39 is 5.97 Å². The number of hydrogen-bond donors (Lipinski definition) is 2. The molecule has 21 heavy (non-hydrogen) atoms. The molecule has 0 aliphatic rings. The minimum atomic E-state index is -1.02. The SMILES string of the molecule is CSc1ccc(C(=O)NCc2cc(C(=O)O)ccn2)cc1. The molecule has 0 unspecified atom stereocenters. The summed E-state index contributed by atoms with van der Waals surface area (Å²) in [5.74, 6) is -1.23. The Bertz CT molecular complexity index is 656. The maximum absolute atomic E-state index is 12.0. The van der Waals surface area contributed by atoms with E-state index in [4.69, 9.17) is 5.11 Å². The number of carboxylic acid groups (broad SMARTS) is 1. The average Bonchev–Trinajstić information content (AvgIpc) is 2.53. The largest absolute Gasteiger partial charge is 0.478 e. The van der Waals surface area contributed by atoms with E-state index in [2.05, 4.69) is 10.3 Å². The van der Waals surface area contributed by atoms with E-state index in [9.17, 15) is 9.59 Å². The molecule has 2 rings (SSSR count). The monoisotopic (exact) mass is 302 g/mol. The van der Waals surface area contributed by atoms with Gasteiger partial charge in [-0.15, -0.1) is 11.8 Å². The van der Waals surface area contributed by atoms with Gasteiger partial charge in [-0.05, 0) is 42.7 Å². The number of benzene rings is 1. The van der Waals surface area contributed by atoms with Crippen LogP contribution in [-0.4, -0.2) is 28.2 Å². The molecule has 5 nitrogen and oxygen atoms in total. The number of carbonyl (C=O) groups is 2. The van der Waals surface area contributed by atoms with Crippen molar-refractivity contribution in [2.24, 2.45) is 0 Å². The number of hydrogen-bond acceptors (Lipinski definition) is 4. The maximum atomic E-state index is 12.0. The van der Waals surface area contributed by atoms with Crippen LogP contribution in [0.15, 0.2) is 47.5 Å². The third kappa shape index (κ3) is 4.06. The maximum Gasteiger partial charge on any atom is 0.335 e. The van der Waals surface area contributed by atoms with Crippen LogP contribution in [0.25, 0.3) is 0 Å². The Balaban J connectivity index is 2.00. The predicted molar refractivity (Wildman–Crippen MR) is 80.6 cm³/mol. The molecule has 0 bridgehead atoms. The first-order valence-electron chi connectivity index (χ1n) is 6.20. The Hall–Kier alpha value is -2.34. The quantitative estimate of drug-likeness (QED) is 0.829.